The van der Waals surface area contributed by atoms with Gasteiger partial charge in [0.15, 0.2) is 9.84 Å². The molecule has 0 saturated carbocycles. The Morgan fingerprint density at radius 2 is 1.81 bits per heavy atom. The number of hydrogen-bond acceptors (Lipinski definition) is 6. The summed E-state index contributed by atoms with van der Waals surface area (Å²) in [7, 11) is 0.0336. The number of rotatable bonds is 6. The molecule has 0 unspecified atom stereocenters. The first-order valence-electron chi connectivity index (χ1n) is 8.01. The molecule has 142 valence electrons. The molecule has 9 heteroatoms. The number of hydrazine groups is 1. The third-order valence-corrected chi connectivity index (χ3v) is 5.76. The number of carbonyl (C=O) groups excluding carboxylic acids is 2. The average Bonchev–Trinajstić information content (AvgIpc) is 2.96. The van der Waals surface area contributed by atoms with Gasteiger partial charge >= 0.3 is 0 Å². The normalized spacial score (nSPS) is 18.5. The van der Waals surface area contributed by atoms with E-state index in [1.54, 1.807) is 24.3 Å². The Balaban J connectivity index is 1.83. The van der Waals surface area contributed by atoms with E-state index in [0.717, 1.165) is 0 Å². The Morgan fingerprint density at radius 1 is 1.15 bits per heavy atom. The second-order valence-corrected chi connectivity index (χ2v) is 8.22. The van der Waals surface area contributed by atoms with Crippen molar-refractivity contribution < 1.29 is 27.5 Å². The zero-order valence-electron chi connectivity index (χ0n) is 14.7. The van der Waals surface area contributed by atoms with Crippen LogP contribution in [0.3, 0.4) is 0 Å². The second kappa shape index (κ2) is 8.70. The van der Waals surface area contributed by atoms with Crippen molar-refractivity contribution in [2.75, 3.05) is 25.7 Å². The number of methoxy groups -OCH3 is 2. The van der Waals surface area contributed by atoms with E-state index in [2.05, 4.69) is 10.9 Å². The van der Waals surface area contributed by atoms with Crippen LogP contribution in [0, 0.1) is 5.92 Å². The molecule has 0 aliphatic carbocycles. The van der Waals surface area contributed by atoms with Gasteiger partial charge in [0.2, 0.25) is 5.91 Å². The van der Waals surface area contributed by atoms with Crippen molar-refractivity contribution in [3.63, 3.8) is 0 Å². The molecule has 0 bridgehead atoms. The minimum Gasteiger partial charge on any atom is -0.497 e. The van der Waals surface area contributed by atoms with Crippen LogP contribution in [0.25, 0.3) is 6.08 Å². The van der Waals surface area contributed by atoms with E-state index in [0.29, 0.717) is 23.5 Å². The average molecular weight is 382 g/mol. The predicted octanol–water partition coefficient (Wildman–Crippen LogP) is 0.689. The molecule has 2 amide bonds. The first-order valence-corrected chi connectivity index (χ1v) is 9.84. The molecule has 1 atom stereocenters. The summed E-state index contributed by atoms with van der Waals surface area (Å²) in [6.07, 6.45) is 3.35. The van der Waals surface area contributed by atoms with Crippen molar-refractivity contribution >= 4 is 27.7 Å². The van der Waals surface area contributed by atoms with E-state index in [4.69, 9.17) is 9.47 Å². The van der Waals surface area contributed by atoms with Crippen LogP contribution in [0.4, 0.5) is 0 Å². The van der Waals surface area contributed by atoms with E-state index in [-0.39, 0.29) is 23.8 Å². The van der Waals surface area contributed by atoms with E-state index >= 15 is 0 Å². The highest BCUT2D eigenvalue weighted by atomic mass is 32.2. The maximum absolute atomic E-state index is 11.8. The summed E-state index contributed by atoms with van der Waals surface area (Å²) >= 11 is 0. The molecule has 2 rings (SSSR count). The maximum Gasteiger partial charge on any atom is 0.262 e. The highest BCUT2D eigenvalue weighted by Crippen LogP contribution is 2.23. The van der Waals surface area contributed by atoms with Gasteiger partial charge in [-0.05, 0) is 36.1 Å². The fraction of sp³-hybridized carbons (Fsp3) is 0.412. The summed E-state index contributed by atoms with van der Waals surface area (Å²) in [5.74, 6) is 0.178. The zero-order valence-corrected chi connectivity index (χ0v) is 15.5. The lowest BCUT2D eigenvalue weighted by Crippen LogP contribution is -2.41. The summed E-state index contributed by atoms with van der Waals surface area (Å²) in [5.41, 5.74) is 5.24. The second-order valence-electron chi connectivity index (χ2n) is 5.99. The summed E-state index contributed by atoms with van der Waals surface area (Å²) < 4.78 is 33.0. The van der Waals surface area contributed by atoms with Crippen molar-refractivity contribution in [1.29, 1.82) is 0 Å². The zero-order chi connectivity index (χ0) is 19.2. The summed E-state index contributed by atoms with van der Waals surface area (Å²) in [6, 6.07) is 5.16. The lowest BCUT2D eigenvalue weighted by atomic mass is 10.1. The SMILES string of the molecule is COc1cc(/C=C/C(=O)NNC(=O)C[C@@H]2CCS(=O)(=O)C2)cc(OC)c1. The Labute approximate surface area is 152 Å². The first-order chi connectivity index (χ1) is 12.3. The summed E-state index contributed by atoms with van der Waals surface area (Å²) in [6.45, 7) is 0. The van der Waals surface area contributed by atoms with Gasteiger partial charge in [0.25, 0.3) is 5.91 Å². The first kappa shape index (κ1) is 19.8. The summed E-state index contributed by atoms with van der Waals surface area (Å²) in [5, 5.41) is 0. The third kappa shape index (κ3) is 6.07. The fourth-order valence-electron chi connectivity index (χ4n) is 2.62. The van der Waals surface area contributed by atoms with Gasteiger partial charge in [-0.2, -0.15) is 0 Å². The van der Waals surface area contributed by atoms with Crippen molar-refractivity contribution in [2.24, 2.45) is 5.92 Å². The molecule has 0 aromatic heterocycles. The number of ether oxygens (including phenoxy) is 2. The van der Waals surface area contributed by atoms with Gasteiger partial charge in [0.05, 0.1) is 25.7 Å². The molecule has 1 fully saturated rings. The lowest BCUT2D eigenvalue weighted by Gasteiger charge is -2.09. The molecule has 1 aromatic carbocycles. The van der Waals surface area contributed by atoms with Gasteiger partial charge in [-0.3, -0.25) is 20.4 Å². The molecule has 1 aliphatic heterocycles. The third-order valence-electron chi connectivity index (χ3n) is 3.93. The molecule has 1 aromatic rings. The van der Waals surface area contributed by atoms with Crippen LogP contribution in [0.1, 0.15) is 18.4 Å². The smallest absolute Gasteiger partial charge is 0.262 e. The standard InChI is InChI=1S/C17H22N2O6S/c1-24-14-7-12(8-15(10-14)25-2)3-4-16(20)18-19-17(21)9-13-5-6-26(22,23)11-13/h3-4,7-8,10,13H,5-6,9,11H2,1-2H3,(H,18,20)(H,19,21)/b4-3+/t13-/m0/s1. The van der Waals surface area contributed by atoms with Gasteiger partial charge in [-0.15, -0.1) is 0 Å². The minimum absolute atomic E-state index is 0.0198. The number of benzene rings is 1. The summed E-state index contributed by atoms with van der Waals surface area (Å²) in [4.78, 5) is 23.6. The van der Waals surface area contributed by atoms with Gasteiger partial charge in [0.1, 0.15) is 11.5 Å². The van der Waals surface area contributed by atoms with Crippen LogP contribution in [0.2, 0.25) is 0 Å². The van der Waals surface area contributed by atoms with Crippen LogP contribution < -0.4 is 20.3 Å². The highest BCUT2D eigenvalue weighted by Gasteiger charge is 2.29. The van der Waals surface area contributed by atoms with Crippen LogP contribution in [0.15, 0.2) is 24.3 Å². The number of amides is 2. The van der Waals surface area contributed by atoms with Gasteiger partial charge in [0, 0.05) is 18.6 Å². The molecular formula is C17H22N2O6S. The van der Waals surface area contributed by atoms with Crippen LogP contribution in [0.5, 0.6) is 11.5 Å². The largest absolute Gasteiger partial charge is 0.497 e. The Kier molecular flexibility index (Phi) is 6.62. The van der Waals surface area contributed by atoms with E-state index in [1.807, 2.05) is 0 Å². The van der Waals surface area contributed by atoms with Gasteiger partial charge in [-0.25, -0.2) is 8.42 Å². The monoisotopic (exact) mass is 382 g/mol. The van der Waals surface area contributed by atoms with Crippen molar-refractivity contribution in [3.8, 4) is 11.5 Å². The van der Waals surface area contributed by atoms with Crippen molar-refractivity contribution in [1.82, 2.24) is 10.9 Å². The molecule has 26 heavy (non-hydrogen) atoms. The molecule has 8 nitrogen and oxygen atoms in total. The highest BCUT2D eigenvalue weighted by molar-refractivity contribution is 7.91. The molecule has 2 N–H and O–H groups in total. The lowest BCUT2D eigenvalue weighted by molar-refractivity contribution is -0.127. The minimum atomic E-state index is -3.02. The number of sulfone groups is 1. The van der Waals surface area contributed by atoms with Crippen LogP contribution >= 0.6 is 0 Å². The van der Waals surface area contributed by atoms with E-state index < -0.39 is 21.7 Å². The number of carbonyl (C=O) groups is 2. The molecular weight excluding hydrogens is 360 g/mol. The molecule has 1 saturated heterocycles. The quantitative estimate of drug-likeness (QED) is 0.553. The Morgan fingerprint density at radius 3 is 2.35 bits per heavy atom. The van der Waals surface area contributed by atoms with Crippen LogP contribution in [-0.2, 0) is 19.4 Å². The number of hydrogen-bond donors (Lipinski definition) is 2. The molecule has 1 aliphatic rings. The Hall–Kier alpha value is -2.55. The fourth-order valence-corrected chi connectivity index (χ4v) is 4.48. The molecule has 0 spiro atoms. The number of nitrogens with one attached hydrogen (secondary N) is 2. The topological polar surface area (TPSA) is 111 Å². The van der Waals surface area contributed by atoms with Crippen LogP contribution in [-0.4, -0.2) is 46.0 Å². The van der Waals surface area contributed by atoms with E-state index in [1.165, 1.54) is 20.3 Å². The Bertz CT molecular complexity index is 781. The molecule has 0 radical (unpaired) electrons. The maximum atomic E-state index is 11.8. The van der Waals surface area contributed by atoms with Gasteiger partial charge in [-0.1, -0.05) is 0 Å². The van der Waals surface area contributed by atoms with E-state index in [9.17, 15) is 18.0 Å². The van der Waals surface area contributed by atoms with Gasteiger partial charge < -0.3 is 9.47 Å². The van der Waals surface area contributed by atoms with Crippen molar-refractivity contribution in [2.45, 2.75) is 12.8 Å². The predicted molar refractivity (Wildman–Crippen MR) is 96.2 cm³/mol. The molecule has 1 heterocycles. The van der Waals surface area contributed by atoms with Crippen molar-refractivity contribution in [3.05, 3.63) is 29.8 Å².